The van der Waals surface area contributed by atoms with Gasteiger partial charge in [-0.2, -0.15) is 0 Å². The average molecular weight is 436 g/mol. The molecule has 2 aromatic carbocycles. The van der Waals surface area contributed by atoms with Gasteiger partial charge in [0.1, 0.15) is 11.6 Å². The Morgan fingerprint density at radius 3 is 2.63 bits per heavy atom. The Balaban J connectivity index is 1.65. The lowest BCUT2D eigenvalue weighted by atomic mass is 10.00. The van der Waals surface area contributed by atoms with Gasteiger partial charge in [-0.05, 0) is 41.8 Å². The Morgan fingerprint density at radius 1 is 1.07 bits per heavy atom. The van der Waals surface area contributed by atoms with Crippen molar-refractivity contribution in [2.24, 2.45) is 0 Å². The van der Waals surface area contributed by atoms with Crippen LogP contribution in [-0.4, -0.2) is 16.8 Å². The first-order valence-electron chi connectivity index (χ1n) is 9.13. The zero-order valence-corrected chi connectivity index (χ0v) is 17.0. The SMILES string of the molecule is O=C(C1=C(O)C(=O)N(c2cccc(Cl)c2)C1c1cccs1)c1cc2ccccc2o1. The molecular weight excluding hydrogens is 422 g/mol. The molecule has 3 heterocycles. The third-order valence-corrected chi connectivity index (χ3v) is 6.16. The van der Waals surface area contributed by atoms with Gasteiger partial charge in [-0.15, -0.1) is 11.3 Å². The highest BCUT2D eigenvalue weighted by Gasteiger charge is 2.45. The second kappa shape index (κ2) is 7.16. The zero-order chi connectivity index (χ0) is 20.8. The number of nitrogens with zero attached hydrogens (tertiary/aromatic N) is 1. The van der Waals surface area contributed by atoms with Gasteiger partial charge in [0.25, 0.3) is 5.91 Å². The monoisotopic (exact) mass is 435 g/mol. The Kier molecular flexibility index (Phi) is 4.46. The predicted octanol–water partition coefficient (Wildman–Crippen LogP) is 5.93. The number of halogens is 1. The minimum absolute atomic E-state index is 0.0125. The molecule has 30 heavy (non-hydrogen) atoms. The number of furan rings is 1. The maximum Gasteiger partial charge on any atom is 0.294 e. The van der Waals surface area contributed by atoms with Gasteiger partial charge in [0.2, 0.25) is 5.78 Å². The summed E-state index contributed by atoms with van der Waals surface area (Å²) in [6, 6.07) is 18.5. The molecule has 1 unspecified atom stereocenters. The highest BCUT2D eigenvalue weighted by molar-refractivity contribution is 7.10. The van der Waals surface area contributed by atoms with Crippen LogP contribution >= 0.6 is 22.9 Å². The van der Waals surface area contributed by atoms with Crippen LogP contribution in [0.5, 0.6) is 0 Å². The van der Waals surface area contributed by atoms with Crippen LogP contribution < -0.4 is 4.90 Å². The van der Waals surface area contributed by atoms with E-state index >= 15 is 0 Å². The lowest BCUT2D eigenvalue weighted by Gasteiger charge is -2.25. The number of rotatable bonds is 4. The van der Waals surface area contributed by atoms with Gasteiger partial charge in [0, 0.05) is 21.0 Å². The fraction of sp³-hybridized carbons (Fsp3) is 0.0435. The Morgan fingerprint density at radius 2 is 1.90 bits per heavy atom. The van der Waals surface area contributed by atoms with Crippen LogP contribution in [0.1, 0.15) is 21.5 Å². The number of aliphatic hydroxyl groups excluding tert-OH is 1. The number of para-hydroxylation sites is 1. The molecular formula is C23H14ClNO4S. The number of Topliss-reactive ketones (excluding diaryl/α,β-unsaturated/α-hetero) is 1. The average Bonchev–Trinajstić information content (AvgIpc) is 3.46. The van der Waals surface area contributed by atoms with Crippen molar-refractivity contribution in [1.29, 1.82) is 0 Å². The Bertz CT molecular complexity index is 1290. The number of ketones is 1. The molecule has 0 fully saturated rings. The number of thiophene rings is 1. The summed E-state index contributed by atoms with van der Waals surface area (Å²) in [5, 5.41) is 13.8. The molecule has 0 saturated carbocycles. The third-order valence-electron chi connectivity index (χ3n) is 5.00. The number of aliphatic hydroxyl groups is 1. The highest BCUT2D eigenvalue weighted by Crippen LogP contribution is 2.44. The summed E-state index contributed by atoms with van der Waals surface area (Å²) in [5.74, 6) is -1.70. The van der Waals surface area contributed by atoms with Gasteiger partial charge < -0.3 is 9.52 Å². The largest absolute Gasteiger partial charge is 0.503 e. The van der Waals surface area contributed by atoms with Gasteiger partial charge >= 0.3 is 0 Å². The van der Waals surface area contributed by atoms with Crippen molar-refractivity contribution < 1.29 is 19.1 Å². The maximum atomic E-state index is 13.4. The summed E-state index contributed by atoms with van der Waals surface area (Å²) < 4.78 is 5.71. The molecule has 1 amide bonds. The van der Waals surface area contributed by atoms with Crippen LogP contribution in [0, 0.1) is 0 Å². The van der Waals surface area contributed by atoms with Gasteiger partial charge in [0.15, 0.2) is 11.5 Å². The fourth-order valence-electron chi connectivity index (χ4n) is 3.67. The molecule has 1 atom stereocenters. The van der Waals surface area contributed by atoms with E-state index in [0.717, 1.165) is 10.3 Å². The molecule has 2 aromatic heterocycles. The minimum atomic E-state index is -0.781. The van der Waals surface area contributed by atoms with E-state index in [0.29, 0.717) is 16.3 Å². The van der Waals surface area contributed by atoms with E-state index in [9.17, 15) is 14.7 Å². The zero-order valence-electron chi connectivity index (χ0n) is 15.4. The molecule has 5 rings (SSSR count). The van der Waals surface area contributed by atoms with E-state index in [1.165, 1.54) is 16.2 Å². The number of anilines is 1. The summed E-state index contributed by atoms with van der Waals surface area (Å²) >= 11 is 7.52. The normalized spacial score (nSPS) is 16.6. The first kappa shape index (κ1) is 18.7. The number of benzene rings is 2. The van der Waals surface area contributed by atoms with E-state index in [1.807, 2.05) is 35.7 Å². The number of carbonyl (C=O) groups excluding carboxylic acids is 2. The Hall–Kier alpha value is -3.35. The first-order chi connectivity index (χ1) is 14.5. The number of carbonyl (C=O) groups is 2. The maximum absolute atomic E-state index is 13.4. The van der Waals surface area contributed by atoms with Crippen molar-refractivity contribution in [3.05, 3.63) is 99.1 Å². The van der Waals surface area contributed by atoms with E-state index < -0.39 is 23.5 Å². The fourth-order valence-corrected chi connectivity index (χ4v) is 4.68. The molecule has 1 aliphatic heterocycles. The van der Waals surface area contributed by atoms with Crippen LogP contribution in [-0.2, 0) is 4.79 Å². The summed E-state index contributed by atoms with van der Waals surface area (Å²) in [5.41, 5.74) is 1.04. The predicted molar refractivity (Wildman–Crippen MR) is 116 cm³/mol. The van der Waals surface area contributed by atoms with E-state index in [2.05, 4.69) is 0 Å². The molecule has 1 N–H and O–H groups in total. The summed E-state index contributed by atoms with van der Waals surface area (Å²) in [7, 11) is 0. The topological polar surface area (TPSA) is 70.8 Å². The quantitative estimate of drug-likeness (QED) is 0.403. The van der Waals surface area contributed by atoms with Gasteiger partial charge in [-0.3, -0.25) is 14.5 Å². The summed E-state index contributed by atoms with van der Waals surface area (Å²) in [4.78, 5) is 28.6. The van der Waals surface area contributed by atoms with Crippen LogP contribution in [0.25, 0.3) is 11.0 Å². The van der Waals surface area contributed by atoms with Crippen molar-refractivity contribution in [1.82, 2.24) is 0 Å². The highest BCUT2D eigenvalue weighted by atomic mass is 35.5. The molecule has 4 aromatic rings. The van der Waals surface area contributed by atoms with E-state index in [-0.39, 0.29) is 11.3 Å². The molecule has 148 valence electrons. The second-order valence-electron chi connectivity index (χ2n) is 6.81. The molecule has 1 aliphatic rings. The Labute approximate surface area is 180 Å². The van der Waals surface area contributed by atoms with Gasteiger partial charge in [0.05, 0.1) is 5.57 Å². The molecule has 7 heteroatoms. The number of amides is 1. The minimum Gasteiger partial charge on any atom is -0.503 e. The van der Waals surface area contributed by atoms with Crippen LogP contribution in [0.3, 0.4) is 0 Å². The van der Waals surface area contributed by atoms with E-state index in [1.54, 1.807) is 36.4 Å². The smallest absolute Gasteiger partial charge is 0.294 e. The third kappa shape index (κ3) is 2.93. The molecule has 0 bridgehead atoms. The van der Waals surface area contributed by atoms with Crippen LogP contribution in [0.4, 0.5) is 5.69 Å². The van der Waals surface area contributed by atoms with Crippen molar-refractivity contribution in [2.45, 2.75) is 6.04 Å². The molecule has 0 aliphatic carbocycles. The number of hydrogen-bond acceptors (Lipinski definition) is 5. The van der Waals surface area contributed by atoms with Crippen molar-refractivity contribution in [3.63, 3.8) is 0 Å². The standard InChI is InChI=1S/C23H14ClNO4S/c24-14-6-3-7-15(12-14)25-20(18-9-4-10-30-18)19(22(27)23(25)28)21(26)17-11-13-5-1-2-8-16(13)29-17/h1-12,20,27H. The summed E-state index contributed by atoms with van der Waals surface area (Å²) in [6.07, 6.45) is 0. The number of hydrogen-bond donors (Lipinski definition) is 1. The molecule has 0 saturated heterocycles. The van der Waals surface area contributed by atoms with Crippen LogP contribution in [0.15, 0.2) is 87.9 Å². The number of fused-ring (bicyclic) bond motifs is 1. The summed E-state index contributed by atoms with van der Waals surface area (Å²) in [6.45, 7) is 0. The van der Waals surface area contributed by atoms with Crippen LogP contribution in [0.2, 0.25) is 5.02 Å². The second-order valence-corrected chi connectivity index (χ2v) is 8.23. The van der Waals surface area contributed by atoms with Crippen molar-refractivity contribution in [2.75, 3.05) is 4.90 Å². The van der Waals surface area contributed by atoms with Crippen molar-refractivity contribution >= 4 is 51.3 Å². The van der Waals surface area contributed by atoms with Crippen molar-refractivity contribution in [3.8, 4) is 0 Å². The lowest BCUT2D eigenvalue weighted by molar-refractivity contribution is -0.117. The molecule has 0 radical (unpaired) electrons. The molecule has 0 spiro atoms. The molecule has 5 nitrogen and oxygen atoms in total. The van der Waals surface area contributed by atoms with Gasteiger partial charge in [-0.25, -0.2) is 0 Å². The van der Waals surface area contributed by atoms with E-state index in [4.69, 9.17) is 16.0 Å². The van der Waals surface area contributed by atoms with Gasteiger partial charge in [-0.1, -0.05) is 41.9 Å². The lowest BCUT2D eigenvalue weighted by Crippen LogP contribution is -2.30. The first-order valence-corrected chi connectivity index (χ1v) is 10.4.